The van der Waals surface area contributed by atoms with Gasteiger partial charge in [-0.3, -0.25) is 4.90 Å². The molecule has 0 spiro atoms. The van der Waals surface area contributed by atoms with Gasteiger partial charge in [-0.15, -0.1) is 0 Å². The van der Waals surface area contributed by atoms with Crippen molar-refractivity contribution in [2.24, 2.45) is 0 Å². The summed E-state index contributed by atoms with van der Waals surface area (Å²) < 4.78 is 4.99. The van der Waals surface area contributed by atoms with E-state index in [9.17, 15) is 4.79 Å². The van der Waals surface area contributed by atoms with Gasteiger partial charge in [0.2, 0.25) is 0 Å². The summed E-state index contributed by atoms with van der Waals surface area (Å²) in [5.74, 6) is 0.205. The Labute approximate surface area is 154 Å². The van der Waals surface area contributed by atoms with E-state index in [-0.39, 0.29) is 5.69 Å². The summed E-state index contributed by atoms with van der Waals surface area (Å²) in [7, 11) is 1.33. The highest BCUT2D eigenvalue weighted by atomic mass is 127. The molecule has 126 valence electrons. The van der Waals surface area contributed by atoms with E-state index in [2.05, 4.69) is 71.8 Å². The van der Waals surface area contributed by atoms with Gasteiger partial charge >= 0.3 is 5.97 Å². The number of methoxy groups -OCH3 is 1. The van der Waals surface area contributed by atoms with Crippen molar-refractivity contribution >= 4 is 34.4 Å². The molecule has 0 bridgehead atoms. The van der Waals surface area contributed by atoms with Crippen LogP contribution in [-0.2, 0) is 4.74 Å². The van der Waals surface area contributed by atoms with Crippen LogP contribution in [0.1, 0.15) is 26.5 Å². The molecule has 1 fully saturated rings. The lowest BCUT2D eigenvalue weighted by Crippen LogP contribution is -2.27. The average Bonchev–Trinajstić information content (AvgIpc) is 3.10. The molecule has 2 aromatic rings. The van der Waals surface area contributed by atoms with Crippen LogP contribution in [0, 0.1) is 0 Å². The van der Waals surface area contributed by atoms with E-state index in [1.807, 2.05) is 6.07 Å². The van der Waals surface area contributed by atoms with Crippen LogP contribution < -0.4 is 5.32 Å². The number of nitrogens with zero attached hydrogens (tertiary/aromatic N) is 3. The van der Waals surface area contributed by atoms with E-state index in [1.165, 1.54) is 18.9 Å². The van der Waals surface area contributed by atoms with E-state index in [1.54, 1.807) is 6.20 Å². The average molecular weight is 438 g/mol. The Morgan fingerprint density at radius 3 is 2.79 bits per heavy atom. The predicted molar refractivity (Wildman–Crippen MR) is 100 cm³/mol. The summed E-state index contributed by atoms with van der Waals surface area (Å²) in [4.78, 5) is 22.1. The maximum Gasteiger partial charge on any atom is 0.358 e. The molecular formula is C17H19IN4O2. The third kappa shape index (κ3) is 4.02. The molecule has 6 nitrogen and oxygen atoms in total. The zero-order valence-corrected chi connectivity index (χ0v) is 15.5. The zero-order valence-electron chi connectivity index (χ0n) is 13.4. The van der Waals surface area contributed by atoms with Crippen LogP contribution in [0.4, 0.5) is 5.82 Å². The van der Waals surface area contributed by atoms with Crippen LogP contribution >= 0.6 is 22.6 Å². The number of ether oxygens (including phenoxy) is 1. The predicted octanol–water partition coefficient (Wildman–Crippen LogP) is 2.88. The number of esters is 1. The third-order valence-corrected chi connectivity index (χ3v) is 5.52. The Bertz CT molecular complexity index is 681. The van der Waals surface area contributed by atoms with E-state index < -0.39 is 5.97 Å². The minimum atomic E-state index is -0.475. The molecule has 0 saturated carbocycles. The van der Waals surface area contributed by atoms with Gasteiger partial charge in [-0.2, -0.15) is 0 Å². The first kappa shape index (κ1) is 17.1. The molecule has 3 rings (SSSR count). The van der Waals surface area contributed by atoms with Gasteiger partial charge < -0.3 is 10.1 Å². The van der Waals surface area contributed by atoms with Crippen molar-refractivity contribution in [2.45, 2.75) is 16.5 Å². The number of halogens is 1. The Balaban J connectivity index is 1.57. The molecule has 1 saturated heterocycles. The van der Waals surface area contributed by atoms with Crippen LogP contribution in [0.25, 0.3) is 0 Å². The standard InChI is InChI=1S/C17H19IN4O2/c1-24-17(23)14-9-20-15(10-19-14)21-13-7-8-22(11-13)16(18)12-5-3-2-4-6-12/h2-6,9-10,13,16H,7-8,11H2,1H3,(H,20,21)/t13-,16?/m1/s1. The lowest BCUT2D eigenvalue weighted by molar-refractivity contribution is 0.0593. The number of nitrogens with one attached hydrogen (secondary N) is 1. The van der Waals surface area contributed by atoms with Crippen molar-refractivity contribution in [2.75, 3.05) is 25.5 Å². The highest BCUT2D eigenvalue weighted by Crippen LogP contribution is 2.31. The number of hydrogen-bond donors (Lipinski definition) is 1. The second-order valence-electron chi connectivity index (χ2n) is 5.65. The molecule has 24 heavy (non-hydrogen) atoms. The van der Waals surface area contributed by atoms with Gasteiger partial charge in [-0.25, -0.2) is 14.8 Å². The molecule has 1 unspecified atom stereocenters. The molecule has 1 aliphatic rings. The lowest BCUT2D eigenvalue weighted by atomic mass is 10.2. The van der Waals surface area contributed by atoms with E-state index in [4.69, 9.17) is 0 Å². The highest BCUT2D eigenvalue weighted by Gasteiger charge is 2.27. The van der Waals surface area contributed by atoms with Crippen molar-refractivity contribution in [1.29, 1.82) is 0 Å². The topological polar surface area (TPSA) is 67.3 Å². The van der Waals surface area contributed by atoms with Crippen molar-refractivity contribution < 1.29 is 9.53 Å². The second kappa shape index (κ2) is 7.89. The molecule has 0 amide bonds. The summed E-state index contributed by atoms with van der Waals surface area (Å²) in [6.07, 6.45) is 4.06. The summed E-state index contributed by atoms with van der Waals surface area (Å²) in [5, 5.41) is 3.39. The first-order chi connectivity index (χ1) is 11.7. The fourth-order valence-corrected chi connectivity index (χ4v) is 3.68. The highest BCUT2D eigenvalue weighted by molar-refractivity contribution is 14.1. The molecule has 2 atom stereocenters. The van der Waals surface area contributed by atoms with Crippen LogP contribution in [0.3, 0.4) is 0 Å². The molecule has 0 aliphatic carbocycles. The molecule has 2 heterocycles. The lowest BCUT2D eigenvalue weighted by Gasteiger charge is -2.23. The fraction of sp³-hybridized carbons (Fsp3) is 0.353. The summed E-state index contributed by atoms with van der Waals surface area (Å²) in [6.45, 7) is 1.98. The monoisotopic (exact) mass is 438 g/mol. The minimum Gasteiger partial charge on any atom is -0.464 e. The Morgan fingerprint density at radius 2 is 2.12 bits per heavy atom. The van der Waals surface area contributed by atoms with Crippen LogP contribution in [-0.4, -0.2) is 47.1 Å². The van der Waals surface area contributed by atoms with Gasteiger partial charge in [0.1, 0.15) is 5.82 Å². The number of hydrogen-bond acceptors (Lipinski definition) is 6. The molecule has 1 N–H and O–H groups in total. The van der Waals surface area contributed by atoms with Crippen molar-refractivity contribution in [1.82, 2.24) is 14.9 Å². The minimum absolute atomic E-state index is 0.215. The maximum absolute atomic E-state index is 11.4. The third-order valence-electron chi connectivity index (χ3n) is 4.01. The normalized spacial score (nSPS) is 19.0. The van der Waals surface area contributed by atoms with E-state index in [0.717, 1.165) is 19.5 Å². The number of rotatable bonds is 5. The summed E-state index contributed by atoms with van der Waals surface area (Å²) >= 11 is 2.49. The molecule has 1 aromatic carbocycles. The molecule has 0 radical (unpaired) electrons. The number of aromatic nitrogens is 2. The summed E-state index contributed by atoms with van der Waals surface area (Å²) in [5.41, 5.74) is 1.54. The Hall–Kier alpha value is -1.74. The largest absolute Gasteiger partial charge is 0.464 e. The second-order valence-corrected chi connectivity index (χ2v) is 6.83. The number of anilines is 1. The van der Waals surface area contributed by atoms with Crippen molar-refractivity contribution in [3.63, 3.8) is 0 Å². The Morgan fingerprint density at radius 1 is 1.33 bits per heavy atom. The molecule has 1 aromatic heterocycles. The fourth-order valence-electron chi connectivity index (χ4n) is 2.76. The zero-order chi connectivity index (χ0) is 16.9. The van der Waals surface area contributed by atoms with Gasteiger partial charge in [-0.05, 0) is 12.0 Å². The van der Waals surface area contributed by atoms with Gasteiger partial charge in [0.15, 0.2) is 5.69 Å². The van der Waals surface area contributed by atoms with Gasteiger partial charge in [-0.1, -0.05) is 52.9 Å². The number of alkyl halides is 1. The smallest absolute Gasteiger partial charge is 0.358 e. The van der Waals surface area contributed by atoms with Crippen LogP contribution in [0.15, 0.2) is 42.7 Å². The number of carbonyl (C=O) groups is 1. The van der Waals surface area contributed by atoms with Gasteiger partial charge in [0, 0.05) is 19.1 Å². The Kier molecular flexibility index (Phi) is 5.62. The first-order valence-electron chi connectivity index (χ1n) is 7.77. The number of carbonyl (C=O) groups excluding carboxylic acids is 1. The molecule has 1 aliphatic heterocycles. The molecular weight excluding hydrogens is 419 g/mol. The number of benzene rings is 1. The van der Waals surface area contributed by atoms with Crippen LogP contribution in [0.2, 0.25) is 0 Å². The number of likely N-dealkylation sites (tertiary alicyclic amines) is 1. The molecule has 7 heteroatoms. The SMILES string of the molecule is COC(=O)c1cnc(N[C@@H]2CCN(C(I)c3ccccc3)C2)cn1. The van der Waals surface area contributed by atoms with E-state index in [0.29, 0.717) is 15.9 Å². The van der Waals surface area contributed by atoms with Gasteiger partial charge in [0.25, 0.3) is 0 Å². The maximum atomic E-state index is 11.4. The van der Waals surface area contributed by atoms with Crippen LogP contribution in [0.5, 0.6) is 0 Å². The summed E-state index contributed by atoms with van der Waals surface area (Å²) in [6, 6.07) is 10.8. The van der Waals surface area contributed by atoms with E-state index >= 15 is 0 Å². The van der Waals surface area contributed by atoms with Crippen molar-refractivity contribution in [3.05, 3.63) is 54.0 Å². The van der Waals surface area contributed by atoms with Gasteiger partial charge in [0.05, 0.1) is 23.6 Å². The van der Waals surface area contributed by atoms with Crippen molar-refractivity contribution in [3.8, 4) is 0 Å². The first-order valence-corrected chi connectivity index (χ1v) is 9.02. The quantitative estimate of drug-likeness (QED) is 0.335.